The van der Waals surface area contributed by atoms with Gasteiger partial charge in [0.2, 0.25) is 0 Å². The van der Waals surface area contributed by atoms with Gasteiger partial charge in [0, 0.05) is 6.42 Å². The Morgan fingerprint density at radius 3 is 1.17 bits per heavy atom. The van der Waals surface area contributed by atoms with Crippen LogP contribution >= 0.6 is 0 Å². The van der Waals surface area contributed by atoms with E-state index in [1.807, 2.05) is 0 Å². The van der Waals surface area contributed by atoms with Crippen LogP contribution in [0.1, 0.15) is 219 Å². The molecule has 0 spiro atoms. The number of unbranched alkanes of at least 4 members (excludes halogenated alkanes) is 27. The van der Waals surface area contributed by atoms with Crippen LogP contribution in [-0.2, 0) is 19.5 Å². The molecule has 1 heterocycles. The molecule has 0 atom stereocenters. The summed E-state index contributed by atoms with van der Waals surface area (Å²) < 4.78 is 5.21. The van der Waals surface area contributed by atoms with Gasteiger partial charge in [-0.25, -0.2) is 9.13 Å². The fourth-order valence-corrected chi connectivity index (χ4v) is 6.50. The zero-order valence-electron chi connectivity index (χ0n) is 28.9. The smallest absolute Gasteiger partial charge is 0.234 e. The average molecular weight is 574 g/mol. The van der Waals surface area contributed by atoms with E-state index >= 15 is 0 Å². The standard InChI is InChI=1S/C39H77N2/c1-4-7-10-12-14-16-18-19-20-21-22-23-25-27-29-31-34-39-40(35-32-9-6-3)37-38-41(39)36-33-30-28-26-24-17-15-13-11-8-5-2/h37-38H,4-36H2,1-3H3/q+1. The first-order valence-electron chi connectivity index (χ1n) is 19.4. The van der Waals surface area contributed by atoms with Gasteiger partial charge in [0.05, 0.1) is 13.1 Å². The van der Waals surface area contributed by atoms with Gasteiger partial charge in [-0.05, 0) is 32.1 Å². The molecule has 242 valence electrons. The maximum atomic E-state index is 2.62. The lowest BCUT2D eigenvalue weighted by atomic mass is 10.0. The van der Waals surface area contributed by atoms with E-state index in [2.05, 4.69) is 42.3 Å². The largest absolute Gasteiger partial charge is 0.256 e. The lowest BCUT2D eigenvalue weighted by Gasteiger charge is -2.07. The summed E-state index contributed by atoms with van der Waals surface area (Å²) in [6.07, 6.45) is 49.0. The summed E-state index contributed by atoms with van der Waals surface area (Å²) in [6, 6.07) is 0. The number of aromatic nitrogens is 2. The molecule has 1 aromatic heterocycles. The van der Waals surface area contributed by atoms with Crippen molar-refractivity contribution in [3.05, 3.63) is 18.2 Å². The Morgan fingerprint density at radius 1 is 0.415 bits per heavy atom. The molecular formula is C39H77N2+. The molecule has 41 heavy (non-hydrogen) atoms. The van der Waals surface area contributed by atoms with Crippen LogP contribution in [0.25, 0.3) is 0 Å². The Hall–Kier alpha value is -0.790. The lowest BCUT2D eigenvalue weighted by Crippen LogP contribution is -2.37. The summed E-state index contributed by atoms with van der Waals surface area (Å²) in [5.41, 5.74) is 0. The van der Waals surface area contributed by atoms with E-state index in [4.69, 9.17) is 0 Å². The van der Waals surface area contributed by atoms with Gasteiger partial charge in [-0.1, -0.05) is 181 Å². The molecule has 0 aliphatic carbocycles. The summed E-state index contributed by atoms with van der Waals surface area (Å²) in [4.78, 5) is 0. The molecule has 0 fully saturated rings. The zero-order chi connectivity index (χ0) is 29.5. The van der Waals surface area contributed by atoms with Gasteiger partial charge < -0.3 is 0 Å². The first-order valence-corrected chi connectivity index (χ1v) is 19.4. The van der Waals surface area contributed by atoms with Crippen molar-refractivity contribution < 1.29 is 4.57 Å². The van der Waals surface area contributed by atoms with Crippen LogP contribution in [-0.4, -0.2) is 4.57 Å². The Balaban J connectivity index is 2.13. The van der Waals surface area contributed by atoms with Gasteiger partial charge in [0.1, 0.15) is 12.4 Å². The van der Waals surface area contributed by atoms with Gasteiger partial charge >= 0.3 is 0 Å². The third-order valence-electron chi connectivity index (χ3n) is 9.35. The Bertz CT molecular complexity index is 634. The minimum atomic E-state index is 1.22. The van der Waals surface area contributed by atoms with Crippen molar-refractivity contribution in [2.45, 2.75) is 233 Å². The van der Waals surface area contributed by atoms with Crippen molar-refractivity contribution in [1.29, 1.82) is 0 Å². The van der Waals surface area contributed by atoms with E-state index in [0.717, 1.165) is 0 Å². The minimum absolute atomic E-state index is 1.22. The summed E-state index contributed by atoms with van der Waals surface area (Å²) in [5, 5.41) is 0. The highest BCUT2D eigenvalue weighted by Crippen LogP contribution is 2.15. The van der Waals surface area contributed by atoms with Crippen LogP contribution in [0.4, 0.5) is 0 Å². The number of rotatable bonds is 33. The van der Waals surface area contributed by atoms with Crippen molar-refractivity contribution in [3.8, 4) is 0 Å². The first kappa shape index (κ1) is 38.2. The number of hydrogen-bond acceptors (Lipinski definition) is 0. The van der Waals surface area contributed by atoms with Crippen molar-refractivity contribution >= 4 is 0 Å². The van der Waals surface area contributed by atoms with E-state index in [1.165, 1.54) is 212 Å². The normalized spacial score (nSPS) is 11.6. The molecule has 0 N–H and O–H groups in total. The van der Waals surface area contributed by atoms with E-state index in [0.29, 0.717) is 0 Å². The SMILES string of the molecule is CCCCCCCCCCCCCCCCCCc1n(CCCCCCCCCCCCC)cc[n+]1CCCCC. The van der Waals surface area contributed by atoms with Gasteiger partial charge in [0.15, 0.2) is 0 Å². The Labute approximate surface area is 259 Å². The third kappa shape index (κ3) is 23.4. The lowest BCUT2D eigenvalue weighted by molar-refractivity contribution is -0.704. The highest BCUT2D eigenvalue weighted by molar-refractivity contribution is 4.84. The van der Waals surface area contributed by atoms with E-state index in [9.17, 15) is 0 Å². The maximum Gasteiger partial charge on any atom is 0.256 e. The molecule has 0 aromatic carbocycles. The van der Waals surface area contributed by atoms with E-state index < -0.39 is 0 Å². The number of hydrogen-bond donors (Lipinski definition) is 0. The summed E-state index contributed by atoms with van der Waals surface area (Å²) in [7, 11) is 0. The molecule has 0 radical (unpaired) electrons. The molecule has 0 aliphatic heterocycles. The van der Waals surface area contributed by atoms with Crippen LogP contribution < -0.4 is 4.57 Å². The molecule has 0 saturated heterocycles. The average Bonchev–Trinajstić information content (AvgIpc) is 3.36. The van der Waals surface area contributed by atoms with Crippen molar-refractivity contribution in [1.82, 2.24) is 4.57 Å². The molecule has 1 aromatic rings. The quantitative estimate of drug-likeness (QED) is 0.0584. The van der Waals surface area contributed by atoms with E-state index in [-0.39, 0.29) is 0 Å². The summed E-state index contributed by atoms with van der Waals surface area (Å²) in [6.45, 7) is 9.38. The molecule has 0 aliphatic rings. The second kappa shape index (κ2) is 30.7. The van der Waals surface area contributed by atoms with Gasteiger partial charge in [0.25, 0.3) is 5.82 Å². The molecule has 0 bridgehead atoms. The molecule has 0 amide bonds. The first-order chi connectivity index (χ1) is 20.3. The zero-order valence-corrected chi connectivity index (χ0v) is 28.9. The number of imidazole rings is 1. The van der Waals surface area contributed by atoms with Gasteiger partial charge in [-0.3, -0.25) is 0 Å². The third-order valence-corrected chi connectivity index (χ3v) is 9.35. The molecule has 2 nitrogen and oxygen atoms in total. The van der Waals surface area contributed by atoms with Crippen molar-refractivity contribution in [3.63, 3.8) is 0 Å². The number of aryl methyl sites for hydroxylation is 2. The van der Waals surface area contributed by atoms with Crippen molar-refractivity contribution in [2.75, 3.05) is 0 Å². The second-order valence-corrected chi connectivity index (χ2v) is 13.4. The van der Waals surface area contributed by atoms with Crippen molar-refractivity contribution in [2.24, 2.45) is 0 Å². The summed E-state index contributed by atoms with van der Waals surface area (Å²) >= 11 is 0. The molecule has 0 unspecified atom stereocenters. The van der Waals surface area contributed by atoms with Crippen LogP contribution in [0.3, 0.4) is 0 Å². The number of nitrogens with zero attached hydrogens (tertiary/aromatic N) is 2. The molecule has 1 rings (SSSR count). The van der Waals surface area contributed by atoms with Crippen LogP contribution in [0, 0.1) is 0 Å². The van der Waals surface area contributed by atoms with Gasteiger partial charge in [-0.2, -0.15) is 0 Å². The van der Waals surface area contributed by atoms with Crippen LogP contribution in [0.15, 0.2) is 12.4 Å². The predicted octanol–water partition coefficient (Wildman–Crippen LogP) is 13.1. The topological polar surface area (TPSA) is 8.81 Å². The minimum Gasteiger partial charge on any atom is -0.234 e. The predicted molar refractivity (Wildman–Crippen MR) is 184 cm³/mol. The fourth-order valence-electron chi connectivity index (χ4n) is 6.50. The Morgan fingerprint density at radius 2 is 0.756 bits per heavy atom. The molecular weight excluding hydrogens is 496 g/mol. The monoisotopic (exact) mass is 574 g/mol. The maximum absolute atomic E-state index is 2.62. The van der Waals surface area contributed by atoms with Gasteiger partial charge in [-0.15, -0.1) is 0 Å². The van der Waals surface area contributed by atoms with E-state index in [1.54, 1.807) is 5.82 Å². The van der Waals surface area contributed by atoms with Crippen LogP contribution in [0.5, 0.6) is 0 Å². The fraction of sp³-hybridized carbons (Fsp3) is 0.923. The summed E-state index contributed by atoms with van der Waals surface area (Å²) in [5.74, 6) is 1.61. The highest BCUT2D eigenvalue weighted by atomic mass is 15.1. The highest BCUT2D eigenvalue weighted by Gasteiger charge is 2.16. The molecule has 2 heteroatoms. The molecule has 0 saturated carbocycles. The van der Waals surface area contributed by atoms with Crippen LogP contribution in [0.2, 0.25) is 0 Å². The second-order valence-electron chi connectivity index (χ2n) is 13.4. The Kier molecular flexibility index (Phi) is 28.6.